The summed E-state index contributed by atoms with van der Waals surface area (Å²) in [5, 5.41) is 14.4. The van der Waals surface area contributed by atoms with Crippen LogP contribution >= 0.6 is 22.6 Å². The van der Waals surface area contributed by atoms with E-state index in [4.69, 9.17) is 9.84 Å². The van der Waals surface area contributed by atoms with Crippen LogP contribution in [0.2, 0.25) is 0 Å². The van der Waals surface area contributed by atoms with Gasteiger partial charge in [-0.15, -0.1) is 0 Å². The first-order valence-corrected chi connectivity index (χ1v) is 7.89. The van der Waals surface area contributed by atoms with Gasteiger partial charge in [-0.1, -0.05) is 6.07 Å². The smallest absolute Gasteiger partial charge is 0.408 e. The molecule has 7 heteroatoms. The topological polar surface area (TPSA) is 87.7 Å². The number of nitrogens with one attached hydrogen (secondary N) is 2. The van der Waals surface area contributed by atoms with Gasteiger partial charge in [-0.25, -0.2) is 4.79 Å². The molecule has 0 aliphatic carbocycles. The molecule has 0 unspecified atom stereocenters. The fraction of sp³-hybridized carbons (Fsp3) is 0.467. The van der Waals surface area contributed by atoms with E-state index in [0.29, 0.717) is 5.69 Å². The number of hydrogen-bond acceptors (Lipinski definition) is 4. The Kier molecular flexibility index (Phi) is 6.61. The summed E-state index contributed by atoms with van der Waals surface area (Å²) < 4.78 is 5.88. The number of benzene rings is 1. The van der Waals surface area contributed by atoms with Gasteiger partial charge in [-0.3, -0.25) is 4.79 Å². The summed E-state index contributed by atoms with van der Waals surface area (Å²) in [6.45, 7) is 6.92. The Morgan fingerprint density at radius 2 is 2.00 bits per heavy atom. The molecule has 0 saturated carbocycles. The van der Waals surface area contributed by atoms with Gasteiger partial charge in [0.15, 0.2) is 6.10 Å². The second-order valence-corrected chi connectivity index (χ2v) is 7.04. The Bertz CT molecular complexity index is 555. The van der Waals surface area contributed by atoms with Crippen molar-refractivity contribution in [2.75, 3.05) is 5.32 Å². The summed E-state index contributed by atoms with van der Waals surface area (Å²) >= 11 is 2.08. The van der Waals surface area contributed by atoms with Gasteiger partial charge >= 0.3 is 6.09 Å². The summed E-state index contributed by atoms with van der Waals surface area (Å²) in [6, 6.07) is 5.16. The normalized spacial score (nSPS) is 12.5. The zero-order chi connectivity index (χ0) is 16.9. The molecule has 6 nitrogen and oxygen atoms in total. The molecule has 1 rings (SSSR count). The van der Waals surface area contributed by atoms with Gasteiger partial charge in [0.1, 0.15) is 0 Å². The summed E-state index contributed by atoms with van der Waals surface area (Å²) in [5.74, 6) is -0.420. The molecule has 0 radical (unpaired) electrons. The van der Waals surface area contributed by atoms with E-state index in [1.54, 1.807) is 18.2 Å². The molecule has 0 bridgehead atoms. The van der Waals surface area contributed by atoms with Crippen LogP contribution in [-0.2, 0) is 16.1 Å². The average molecular weight is 420 g/mol. The van der Waals surface area contributed by atoms with E-state index in [1.165, 1.54) is 6.92 Å². The number of halogens is 1. The summed E-state index contributed by atoms with van der Waals surface area (Å²) in [4.78, 5) is 23.6. The minimum absolute atomic E-state index is 0.0566. The van der Waals surface area contributed by atoms with E-state index in [9.17, 15) is 9.59 Å². The van der Waals surface area contributed by atoms with Crippen LogP contribution in [0.5, 0.6) is 0 Å². The van der Waals surface area contributed by atoms with Crippen LogP contribution in [0, 0.1) is 3.57 Å². The highest BCUT2D eigenvalue weighted by molar-refractivity contribution is 14.1. The Balaban J connectivity index is 2.61. The lowest BCUT2D eigenvalue weighted by atomic mass is 10.1. The molecule has 0 fully saturated rings. The maximum absolute atomic E-state index is 12.0. The second-order valence-electron chi connectivity index (χ2n) is 5.88. The predicted molar refractivity (Wildman–Crippen MR) is 92.5 cm³/mol. The Hall–Kier alpha value is -1.35. The van der Waals surface area contributed by atoms with Gasteiger partial charge in [0.05, 0.1) is 6.61 Å². The van der Waals surface area contributed by atoms with E-state index in [2.05, 4.69) is 33.2 Å². The van der Waals surface area contributed by atoms with Crippen LogP contribution in [0.15, 0.2) is 18.2 Å². The van der Waals surface area contributed by atoms with E-state index in [0.717, 1.165) is 9.13 Å². The molecule has 0 aromatic heterocycles. The number of aliphatic hydroxyl groups excluding tert-OH is 1. The predicted octanol–water partition coefficient (Wildman–Crippen LogP) is 2.64. The van der Waals surface area contributed by atoms with Crippen LogP contribution in [0.25, 0.3) is 0 Å². The first kappa shape index (κ1) is 18.7. The monoisotopic (exact) mass is 420 g/mol. The third kappa shape index (κ3) is 6.18. The van der Waals surface area contributed by atoms with Gasteiger partial charge in [-0.05, 0) is 68.0 Å². The van der Waals surface area contributed by atoms with Crippen LogP contribution in [0.3, 0.4) is 0 Å². The molecule has 1 aromatic carbocycles. The quantitative estimate of drug-likeness (QED) is 0.654. The van der Waals surface area contributed by atoms with Crippen molar-refractivity contribution < 1.29 is 19.4 Å². The van der Waals surface area contributed by atoms with Crippen molar-refractivity contribution in [3.8, 4) is 0 Å². The van der Waals surface area contributed by atoms with Gasteiger partial charge in [0.25, 0.3) is 5.91 Å². The number of amides is 2. The Morgan fingerprint density at radius 1 is 1.36 bits per heavy atom. The number of aliphatic hydroxyl groups is 1. The van der Waals surface area contributed by atoms with Gasteiger partial charge in [0.2, 0.25) is 0 Å². The number of anilines is 1. The Labute approximate surface area is 143 Å². The number of hydrogen-bond donors (Lipinski definition) is 3. The van der Waals surface area contributed by atoms with Crippen LogP contribution in [-0.4, -0.2) is 28.7 Å². The molecule has 3 N–H and O–H groups in total. The average Bonchev–Trinajstić information content (AvgIpc) is 2.36. The lowest BCUT2D eigenvalue weighted by Crippen LogP contribution is -2.43. The van der Waals surface area contributed by atoms with Gasteiger partial charge in [-0.2, -0.15) is 0 Å². The van der Waals surface area contributed by atoms with Crippen molar-refractivity contribution in [3.63, 3.8) is 0 Å². The molecule has 1 atom stereocenters. The molecular weight excluding hydrogens is 399 g/mol. The molecule has 22 heavy (non-hydrogen) atoms. The maximum Gasteiger partial charge on any atom is 0.408 e. The second kappa shape index (κ2) is 7.77. The first-order chi connectivity index (χ1) is 10.1. The molecule has 0 saturated heterocycles. The number of ether oxygens (including phenoxy) is 1. The fourth-order valence-corrected chi connectivity index (χ4v) is 2.23. The van der Waals surface area contributed by atoms with E-state index < -0.39 is 23.6 Å². The minimum atomic E-state index is -0.919. The number of carbonyl (C=O) groups is 2. The summed E-state index contributed by atoms with van der Waals surface area (Å²) in [6.07, 6.45) is -1.56. The third-order valence-electron chi connectivity index (χ3n) is 2.62. The van der Waals surface area contributed by atoms with E-state index in [-0.39, 0.29) is 6.61 Å². The molecule has 2 amide bonds. The van der Waals surface area contributed by atoms with E-state index >= 15 is 0 Å². The van der Waals surface area contributed by atoms with Crippen molar-refractivity contribution in [3.05, 3.63) is 27.3 Å². The highest BCUT2D eigenvalue weighted by Crippen LogP contribution is 2.18. The molecule has 122 valence electrons. The standard InChI is InChI=1S/C15H21IN2O4/c1-9(22-14(21)18-15(2,3)4)13(20)17-11-6-5-10(8-19)12(16)7-11/h5-7,9,19H,8H2,1-4H3,(H,17,20)(H,18,21)/t9-/m0/s1. The largest absolute Gasteiger partial charge is 0.436 e. The zero-order valence-electron chi connectivity index (χ0n) is 13.1. The van der Waals surface area contributed by atoms with Crippen molar-refractivity contribution in [1.29, 1.82) is 0 Å². The Morgan fingerprint density at radius 3 is 2.50 bits per heavy atom. The summed E-state index contributed by atoms with van der Waals surface area (Å²) in [5.41, 5.74) is 0.939. The fourth-order valence-electron chi connectivity index (χ4n) is 1.55. The first-order valence-electron chi connectivity index (χ1n) is 6.81. The summed E-state index contributed by atoms with van der Waals surface area (Å²) in [7, 11) is 0. The number of carbonyl (C=O) groups excluding carboxylic acids is 2. The van der Waals surface area contributed by atoms with Crippen molar-refractivity contribution in [2.24, 2.45) is 0 Å². The van der Waals surface area contributed by atoms with Gasteiger partial charge in [0, 0.05) is 14.8 Å². The zero-order valence-corrected chi connectivity index (χ0v) is 15.2. The van der Waals surface area contributed by atoms with Crippen LogP contribution in [0.1, 0.15) is 33.3 Å². The van der Waals surface area contributed by atoms with Crippen molar-refractivity contribution in [1.82, 2.24) is 5.32 Å². The molecular formula is C15H21IN2O4. The maximum atomic E-state index is 12.0. The SMILES string of the molecule is C[C@H](OC(=O)NC(C)(C)C)C(=O)Nc1ccc(CO)c(I)c1. The molecule has 1 aromatic rings. The molecule has 0 aliphatic heterocycles. The molecule has 0 spiro atoms. The van der Waals surface area contributed by atoms with Crippen LogP contribution < -0.4 is 10.6 Å². The lowest BCUT2D eigenvalue weighted by molar-refractivity contribution is -0.123. The highest BCUT2D eigenvalue weighted by atomic mass is 127. The molecule has 0 heterocycles. The lowest BCUT2D eigenvalue weighted by Gasteiger charge is -2.21. The van der Waals surface area contributed by atoms with Crippen molar-refractivity contribution in [2.45, 2.75) is 45.9 Å². The van der Waals surface area contributed by atoms with Crippen LogP contribution in [0.4, 0.5) is 10.5 Å². The minimum Gasteiger partial charge on any atom is -0.436 e. The highest BCUT2D eigenvalue weighted by Gasteiger charge is 2.21. The van der Waals surface area contributed by atoms with E-state index in [1.807, 2.05) is 20.8 Å². The van der Waals surface area contributed by atoms with Gasteiger partial charge < -0.3 is 20.5 Å². The third-order valence-corrected chi connectivity index (χ3v) is 3.63. The number of rotatable bonds is 4. The molecule has 0 aliphatic rings. The van der Waals surface area contributed by atoms with Crippen molar-refractivity contribution >= 4 is 40.3 Å². The number of alkyl carbamates (subject to hydrolysis) is 1.